The maximum atomic E-state index is 12.1. The van der Waals surface area contributed by atoms with Crippen LogP contribution in [-0.4, -0.2) is 30.5 Å². The number of carbonyl (C=O) groups excluding carboxylic acids is 2. The molecule has 4 bridgehead atoms. The van der Waals surface area contributed by atoms with Gasteiger partial charge in [-0.2, -0.15) is 0 Å². The van der Waals surface area contributed by atoms with Crippen LogP contribution in [0.15, 0.2) is 0 Å². The zero-order valence-corrected chi connectivity index (χ0v) is 10.9. The molecule has 0 N–H and O–H groups in total. The van der Waals surface area contributed by atoms with Crippen LogP contribution in [0, 0.1) is 23.7 Å². The summed E-state index contributed by atoms with van der Waals surface area (Å²) in [5, 5.41) is 0. The first-order valence-corrected chi connectivity index (χ1v) is 7.09. The molecule has 5 unspecified atom stereocenters. The van der Waals surface area contributed by atoms with Crippen molar-refractivity contribution in [3.05, 3.63) is 0 Å². The van der Waals surface area contributed by atoms with Crippen molar-refractivity contribution in [1.82, 2.24) is 0 Å². The number of rotatable bonds is 4. The van der Waals surface area contributed by atoms with Crippen LogP contribution in [-0.2, 0) is 19.1 Å². The number of Topliss-reactive ketones (excluding diaryl/α,β-unsaturated/α-hetero) is 1. The predicted octanol–water partition coefficient (Wildman–Crippen LogP) is 1.75. The van der Waals surface area contributed by atoms with E-state index in [-0.39, 0.29) is 30.6 Å². The highest BCUT2D eigenvalue weighted by molar-refractivity contribution is 6.26. The van der Waals surface area contributed by atoms with Crippen molar-refractivity contribution in [2.75, 3.05) is 12.7 Å². The second-order valence-corrected chi connectivity index (χ2v) is 5.94. The minimum absolute atomic E-state index is 0.0379. The van der Waals surface area contributed by atoms with Gasteiger partial charge in [-0.3, -0.25) is 9.59 Å². The molecular weight excluding hydrogens is 256 g/mol. The fraction of sp³-hybridized carbons (Fsp3) is 0.846. The lowest BCUT2D eigenvalue weighted by Gasteiger charge is -2.52. The first-order valence-electron chi connectivity index (χ1n) is 6.56. The second-order valence-electron chi connectivity index (χ2n) is 5.67. The SMILES string of the molecule is O=C(CCl)OCOC1C2CC3CC(C2)C(=O)C1C3. The maximum absolute atomic E-state index is 12.1. The lowest BCUT2D eigenvalue weighted by Crippen LogP contribution is -2.55. The normalized spacial score (nSPS) is 41.2. The minimum Gasteiger partial charge on any atom is -0.438 e. The van der Waals surface area contributed by atoms with Crippen LogP contribution in [0.5, 0.6) is 0 Å². The average molecular weight is 273 g/mol. The van der Waals surface area contributed by atoms with E-state index < -0.39 is 5.97 Å². The molecule has 4 fully saturated rings. The topological polar surface area (TPSA) is 52.6 Å². The van der Waals surface area contributed by atoms with Gasteiger partial charge < -0.3 is 9.47 Å². The van der Waals surface area contributed by atoms with Crippen molar-refractivity contribution < 1.29 is 19.1 Å². The Morgan fingerprint density at radius 1 is 1.28 bits per heavy atom. The summed E-state index contributed by atoms with van der Waals surface area (Å²) in [6, 6.07) is 0. The molecule has 0 spiro atoms. The van der Waals surface area contributed by atoms with E-state index >= 15 is 0 Å². The van der Waals surface area contributed by atoms with Crippen LogP contribution in [0.4, 0.5) is 0 Å². The summed E-state index contributed by atoms with van der Waals surface area (Å²) in [6.45, 7) is -0.0775. The summed E-state index contributed by atoms with van der Waals surface area (Å²) in [5.74, 6) is 1.22. The van der Waals surface area contributed by atoms with Gasteiger partial charge in [-0.25, -0.2) is 0 Å². The van der Waals surface area contributed by atoms with Crippen LogP contribution in [0.2, 0.25) is 0 Å². The van der Waals surface area contributed by atoms with Gasteiger partial charge in [-0.15, -0.1) is 11.6 Å². The van der Waals surface area contributed by atoms with Crippen LogP contribution < -0.4 is 0 Å². The van der Waals surface area contributed by atoms with E-state index in [0.717, 1.165) is 25.7 Å². The van der Waals surface area contributed by atoms with Crippen molar-refractivity contribution in [2.45, 2.75) is 31.8 Å². The Morgan fingerprint density at radius 3 is 2.89 bits per heavy atom. The number of alkyl halides is 1. The zero-order valence-electron chi connectivity index (χ0n) is 10.1. The number of hydrogen-bond donors (Lipinski definition) is 0. The van der Waals surface area contributed by atoms with Gasteiger partial charge in [-0.05, 0) is 37.5 Å². The van der Waals surface area contributed by atoms with Gasteiger partial charge in [0.25, 0.3) is 0 Å². The average Bonchev–Trinajstić information content (AvgIpc) is 2.37. The highest BCUT2D eigenvalue weighted by atomic mass is 35.5. The monoisotopic (exact) mass is 272 g/mol. The summed E-state index contributed by atoms with van der Waals surface area (Å²) < 4.78 is 10.5. The predicted molar refractivity (Wildman–Crippen MR) is 64.0 cm³/mol. The molecule has 18 heavy (non-hydrogen) atoms. The molecule has 0 aromatic heterocycles. The Morgan fingerprint density at radius 2 is 2.11 bits per heavy atom. The molecule has 4 aliphatic rings. The first-order chi connectivity index (χ1) is 8.69. The molecule has 0 saturated heterocycles. The Labute approximate surface area is 111 Å². The number of ketones is 1. The molecule has 0 amide bonds. The number of carbonyl (C=O) groups is 2. The van der Waals surface area contributed by atoms with E-state index in [9.17, 15) is 9.59 Å². The summed E-state index contributed by atoms with van der Waals surface area (Å²) in [5.41, 5.74) is 0. The zero-order chi connectivity index (χ0) is 12.7. The molecule has 100 valence electrons. The fourth-order valence-corrected chi connectivity index (χ4v) is 4.13. The third-order valence-corrected chi connectivity index (χ3v) is 4.87. The number of halogens is 1. The van der Waals surface area contributed by atoms with Crippen LogP contribution in [0.1, 0.15) is 25.7 Å². The standard InChI is InChI=1S/C13H17ClO4/c14-5-11(15)17-6-18-13-9-2-7-1-8(4-9)12(16)10(13)3-7/h7-10,13H,1-6H2. The van der Waals surface area contributed by atoms with Crippen molar-refractivity contribution in [3.63, 3.8) is 0 Å². The molecule has 5 heteroatoms. The third kappa shape index (κ3) is 2.05. The highest BCUT2D eigenvalue weighted by Crippen LogP contribution is 2.52. The van der Waals surface area contributed by atoms with Crippen molar-refractivity contribution >= 4 is 23.4 Å². The van der Waals surface area contributed by atoms with Crippen LogP contribution in [0.3, 0.4) is 0 Å². The summed E-state index contributed by atoms with van der Waals surface area (Å²) >= 11 is 5.33. The van der Waals surface area contributed by atoms with Gasteiger partial charge >= 0.3 is 5.97 Å². The van der Waals surface area contributed by atoms with E-state index in [4.69, 9.17) is 21.1 Å². The van der Waals surface area contributed by atoms with Gasteiger partial charge in [0.15, 0.2) is 6.79 Å². The van der Waals surface area contributed by atoms with E-state index in [1.54, 1.807) is 0 Å². The maximum Gasteiger partial charge on any atom is 0.322 e. The lowest BCUT2D eigenvalue weighted by molar-refractivity contribution is -0.187. The molecule has 0 heterocycles. The van der Waals surface area contributed by atoms with Crippen molar-refractivity contribution in [1.29, 1.82) is 0 Å². The molecule has 4 saturated carbocycles. The van der Waals surface area contributed by atoms with Gasteiger partial charge in [0, 0.05) is 11.8 Å². The number of ether oxygens (including phenoxy) is 2. The van der Waals surface area contributed by atoms with Crippen LogP contribution >= 0.6 is 11.6 Å². The summed E-state index contributed by atoms with van der Waals surface area (Å²) in [7, 11) is 0. The molecule has 0 aromatic carbocycles. The summed E-state index contributed by atoms with van der Waals surface area (Å²) in [6.07, 6.45) is 4.11. The Kier molecular flexibility index (Phi) is 3.32. The van der Waals surface area contributed by atoms with Crippen molar-refractivity contribution in [3.8, 4) is 0 Å². The largest absolute Gasteiger partial charge is 0.438 e. The highest BCUT2D eigenvalue weighted by Gasteiger charge is 2.53. The molecule has 4 aliphatic carbocycles. The van der Waals surface area contributed by atoms with E-state index in [1.165, 1.54) is 0 Å². The molecule has 0 aliphatic heterocycles. The molecule has 4 rings (SSSR count). The van der Waals surface area contributed by atoms with Crippen LogP contribution in [0.25, 0.3) is 0 Å². The quantitative estimate of drug-likeness (QED) is 0.444. The second kappa shape index (κ2) is 4.82. The first kappa shape index (κ1) is 12.4. The Hall–Kier alpha value is -0.610. The Bertz CT molecular complexity index is 370. The van der Waals surface area contributed by atoms with Gasteiger partial charge in [0.05, 0.1) is 6.10 Å². The fourth-order valence-electron chi connectivity index (χ4n) is 4.05. The molecule has 5 atom stereocenters. The molecular formula is C13H17ClO4. The number of esters is 1. The lowest BCUT2D eigenvalue weighted by atomic mass is 9.54. The molecule has 0 radical (unpaired) electrons. The van der Waals surface area contributed by atoms with E-state index in [1.807, 2.05) is 0 Å². The van der Waals surface area contributed by atoms with E-state index in [0.29, 0.717) is 17.6 Å². The third-order valence-electron chi connectivity index (χ3n) is 4.65. The number of hydrogen-bond acceptors (Lipinski definition) is 4. The van der Waals surface area contributed by atoms with Crippen molar-refractivity contribution in [2.24, 2.45) is 23.7 Å². The smallest absolute Gasteiger partial charge is 0.322 e. The Balaban J connectivity index is 1.59. The molecule has 0 aromatic rings. The minimum atomic E-state index is -0.480. The summed E-state index contributed by atoms with van der Waals surface area (Å²) in [4.78, 5) is 23.1. The van der Waals surface area contributed by atoms with Gasteiger partial charge in [-0.1, -0.05) is 0 Å². The van der Waals surface area contributed by atoms with E-state index in [2.05, 4.69) is 0 Å². The van der Waals surface area contributed by atoms with Gasteiger partial charge in [0.2, 0.25) is 0 Å². The van der Waals surface area contributed by atoms with Gasteiger partial charge in [0.1, 0.15) is 11.7 Å². The molecule has 4 nitrogen and oxygen atoms in total.